The lowest BCUT2D eigenvalue weighted by Crippen LogP contribution is -2.34. The van der Waals surface area contributed by atoms with Crippen molar-refractivity contribution in [3.63, 3.8) is 0 Å². The molecule has 0 saturated heterocycles. The highest BCUT2D eigenvalue weighted by molar-refractivity contribution is 5.50. The van der Waals surface area contributed by atoms with Crippen molar-refractivity contribution in [3.8, 4) is 11.8 Å². The molecule has 2 nitrogen and oxygen atoms in total. The van der Waals surface area contributed by atoms with E-state index in [0.29, 0.717) is 6.42 Å². The van der Waals surface area contributed by atoms with E-state index in [1.54, 1.807) is 0 Å². The molecule has 1 aliphatic rings. The normalized spacial score (nSPS) is 18.4. The largest absolute Gasteiger partial charge is 0.493 e. The van der Waals surface area contributed by atoms with Gasteiger partial charge in [0.25, 0.3) is 0 Å². The van der Waals surface area contributed by atoms with Gasteiger partial charge in [-0.25, -0.2) is 0 Å². The summed E-state index contributed by atoms with van der Waals surface area (Å²) in [6, 6.07) is 6.84. The van der Waals surface area contributed by atoms with Gasteiger partial charge in [-0.1, -0.05) is 40.7 Å². The van der Waals surface area contributed by atoms with E-state index in [1.807, 2.05) is 0 Å². The van der Waals surface area contributed by atoms with Gasteiger partial charge in [-0.3, -0.25) is 0 Å². The molecule has 1 aliphatic carbocycles. The third kappa shape index (κ3) is 3.29. The molecule has 0 heterocycles. The van der Waals surface area contributed by atoms with Crippen LogP contribution in [0.25, 0.3) is 0 Å². The molecule has 0 atom stereocenters. The molecule has 0 N–H and O–H groups in total. The minimum atomic E-state index is 0.197. The van der Waals surface area contributed by atoms with E-state index in [9.17, 15) is 0 Å². The van der Waals surface area contributed by atoms with Crippen LogP contribution in [0.3, 0.4) is 0 Å². The summed E-state index contributed by atoms with van der Waals surface area (Å²) in [5.41, 5.74) is 4.47. The van der Waals surface area contributed by atoms with Gasteiger partial charge in [-0.15, -0.1) is 0 Å². The fourth-order valence-electron chi connectivity index (χ4n) is 3.37. The minimum absolute atomic E-state index is 0.197. The number of benzene rings is 1. The Morgan fingerprint density at radius 3 is 2.23 bits per heavy atom. The molecule has 22 heavy (non-hydrogen) atoms. The van der Waals surface area contributed by atoms with E-state index in [2.05, 4.69) is 52.8 Å². The van der Waals surface area contributed by atoms with E-state index < -0.39 is 0 Å². The predicted octanol–water partition coefficient (Wildman–Crippen LogP) is 5.28. The van der Waals surface area contributed by atoms with Crippen LogP contribution in [-0.2, 0) is 17.3 Å². The molecule has 0 unspecified atom stereocenters. The molecular formula is C20H29NO. The van der Waals surface area contributed by atoms with Crippen molar-refractivity contribution in [2.75, 3.05) is 6.61 Å². The monoisotopic (exact) mass is 299 g/mol. The number of ether oxygens (including phenoxy) is 1. The topological polar surface area (TPSA) is 33.0 Å². The summed E-state index contributed by atoms with van der Waals surface area (Å²) < 4.78 is 6.00. The van der Waals surface area contributed by atoms with Crippen molar-refractivity contribution in [3.05, 3.63) is 28.8 Å². The SMILES string of the molecule is CCCOc1cc2c(cc1CCC#N)C(C)(C)CCC2(C)C. The summed E-state index contributed by atoms with van der Waals surface area (Å²) in [6.07, 6.45) is 4.74. The Balaban J connectivity index is 2.53. The second-order valence-electron chi connectivity index (χ2n) is 7.78. The second-order valence-corrected chi connectivity index (χ2v) is 7.78. The summed E-state index contributed by atoms with van der Waals surface area (Å²) in [5.74, 6) is 0.988. The molecule has 0 aromatic heterocycles. The van der Waals surface area contributed by atoms with Gasteiger partial charge in [0, 0.05) is 6.42 Å². The van der Waals surface area contributed by atoms with Crippen molar-refractivity contribution in [2.24, 2.45) is 0 Å². The maximum absolute atomic E-state index is 8.93. The number of nitriles is 1. The fraction of sp³-hybridized carbons (Fsp3) is 0.650. The molecule has 0 spiro atoms. The highest BCUT2D eigenvalue weighted by Gasteiger charge is 2.37. The quantitative estimate of drug-likeness (QED) is 0.741. The third-order valence-electron chi connectivity index (χ3n) is 5.00. The Morgan fingerprint density at radius 2 is 1.68 bits per heavy atom. The molecule has 0 radical (unpaired) electrons. The summed E-state index contributed by atoms with van der Waals surface area (Å²) in [6.45, 7) is 12.2. The Labute approximate surface area is 135 Å². The van der Waals surface area contributed by atoms with E-state index in [-0.39, 0.29) is 10.8 Å². The van der Waals surface area contributed by atoms with Gasteiger partial charge in [0.1, 0.15) is 5.75 Å². The maximum atomic E-state index is 8.93. The second kappa shape index (κ2) is 6.32. The van der Waals surface area contributed by atoms with Gasteiger partial charge in [-0.2, -0.15) is 5.26 Å². The number of aryl methyl sites for hydroxylation is 1. The molecular weight excluding hydrogens is 270 g/mol. The van der Waals surface area contributed by atoms with Gasteiger partial charge in [0.05, 0.1) is 12.7 Å². The van der Waals surface area contributed by atoms with E-state index in [1.165, 1.54) is 29.5 Å². The predicted molar refractivity (Wildman–Crippen MR) is 91.4 cm³/mol. The van der Waals surface area contributed by atoms with Crippen LogP contribution in [0, 0.1) is 11.3 Å². The van der Waals surface area contributed by atoms with Crippen molar-refractivity contribution in [1.82, 2.24) is 0 Å². The fourth-order valence-corrected chi connectivity index (χ4v) is 3.37. The molecule has 1 aromatic carbocycles. The molecule has 0 fully saturated rings. The highest BCUT2D eigenvalue weighted by Crippen LogP contribution is 2.47. The van der Waals surface area contributed by atoms with Crippen LogP contribution < -0.4 is 4.74 Å². The lowest BCUT2D eigenvalue weighted by molar-refractivity contribution is 0.304. The number of fused-ring (bicyclic) bond motifs is 1. The number of nitrogens with zero attached hydrogens (tertiary/aromatic N) is 1. The van der Waals surface area contributed by atoms with Crippen LogP contribution in [0.5, 0.6) is 5.75 Å². The minimum Gasteiger partial charge on any atom is -0.493 e. The highest BCUT2D eigenvalue weighted by atomic mass is 16.5. The van der Waals surface area contributed by atoms with Gasteiger partial charge >= 0.3 is 0 Å². The standard InChI is InChI=1S/C20H29NO/c1-6-12-22-18-14-17-16(13-15(18)8-7-11-21)19(2,3)9-10-20(17,4)5/h13-14H,6-10,12H2,1-5H3. The Hall–Kier alpha value is -1.49. The van der Waals surface area contributed by atoms with Crippen LogP contribution in [-0.4, -0.2) is 6.61 Å². The van der Waals surface area contributed by atoms with E-state index >= 15 is 0 Å². The van der Waals surface area contributed by atoms with Crippen molar-refractivity contribution in [2.45, 2.75) is 77.6 Å². The number of hydrogen-bond acceptors (Lipinski definition) is 2. The molecule has 120 valence electrons. The third-order valence-corrected chi connectivity index (χ3v) is 5.00. The molecule has 2 heteroatoms. The van der Waals surface area contributed by atoms with Gasteiger partial charge in [0.2, 0.25) is 0 Å². The zero-order valence-corrected chi connectivity index (χ0v) is 14.8. The number of rotatable bonds is 5. The van der Waals surface area contributed by atoms with E-state index in [0.717, 1.165) is 25.2 Å². The summed E-state index contributed by atoms with van der Waals surface area (Å²) in [4.78, 5) is 0. The van der Waals surface area contributed by atoms with E-state index in [4.69, 9.17) is 10.00 Å². The number of hydrogen-bond donors (Lipinski definition) is 0. The molecule has 2 rings (SSSR count). The zero-order chi connectivity index (χ0) is 16.4. The van der Waals surface area contributed by atoms with Gasteiger partial charge in [-0.05, 0) is 59.3 Å². The first-order valence-electron chi connectivity index (χ1n) is 8.49. The lowest BCUT2D eigenvalue weighted by atomic mass is 9.63. The Morgan fingerprint density at radius 1 is 1.09 bits per heavy atom. The first kappa shape index (κ1) is 16.9. The first-order chi connectivity index (χ1) is 10.3. The Kier molecular flexibility index (Phi) is 4.85. The molecule has 0 saturated carbocycles. The van der Waals surface area contributed by atoms with Crippen molar-refractivity contribution in [1.29, 1.82) is 5.26 Å². The lowest BCUT2D eigenvalue weighted by Gasteiger charge is -2.42. The average molecular weight is 299 g/mol. The summed E-state index contributed by atoms with van der Waals surface area (Å²) in [7, 11) is 0. The van der Waals surface area contributed by atoms with Crippen LogP contribution in [0.4, 0.5) is 0 Å². The zero-order valence-electron chi connectivity index (χ0n) is 14.8. The van der Waals surface area contributed by atoms with Crippen molar-refractivity contribution >= 4 is 0 Å². The molecule has 0 aliphatic heterocycles. The molecule has 0 amide bonds. The van der Waals surface area contributed by atoms with Gasteiger partial charge < -0.3 is 4.74 Å². The first-order valence-corrected chi connectivity index (χ1v) is 8.49. The summed E-state index contributed by atoms with van der Waals surface area (Å²) in [5, 5.41) is 8.93. The summed E-state index contributed by atoms with van der Waals surface area (Å²) >= 11 is 0. The van der Waals surface area contributed by atoms with Gasteiger partial charge in [0.15, 0.2) is 0 Å². The maximum Gasteiger partial charge on any atom is 0.122 e. The van der Waals surface area contributed by atoms with Crippen LogP contribution >= 0.6 is 0 Å². The smallest absolute Gasteiger partial charge is 0.122 e. The molecule has 1 aromatic rings. The average Bonchev–Trinajstić information content (AvgIpc) is 2.47. The van der Waals surface area contributed by atoms with Crippen molar-refractivity contribution < 1.29 is 4.74 Å². The van der Waals surface area contributed by atoms with Crippen LogP contribution in [0.15, 0.2) is 12.1 Å². The van der Waals surface area contributed by atoms with Crippen LogP contribution in [0.2, 0.25) is 0 Å². The molecule has 0 bridgehead atoms. The van der Waals surface area contributed by atoms with Crippen LogP contribution in [0.1, 0.15) is 77.0 Å². The Bertz CT molecular complexity index is 578.